The molecule has 9 heteroatoms. The molecule has 1 aliphatic rings. The third-order valence-electron chi connectivity index (χ3n) is 5.19. The van der Waals surface area contributed by atoms with Crippen molar-refractivity contribution in [2.45, 2.75) is 19.9 Å². The van der Waals surface area contributed by atoms with E-state index in [0.29, 0.717) is 26.4 Å². The van der Waals surface area contributed by atoms with Crippen LogP contribution in [-0.2, 0) is 9.53 Å². The molecule has 0 fully saturated rings. The summed E-state index contributed by atoms with van der Waals surface area (Å²) in [5.41, 5.74) is 2.28. The first-order valence-corrected chi connectivity index (χ1v) is 12.5. The van der Waals surface area contributed by atoms with E-state index in [0.717, 1.165) is 20.1 Å². The third-order valence-corrected chi connectivity index (χ3v) is 7.43. The fraction of sp³-hybridized carbons (Fsp3) is 0.208. The summed E-state index contributed by atoms with van der Waals surface area (Å²) in [4.78, 5) is 31.7. The van der Waals surface area contributed by atoms with Crippen LogP contribution in [0.1, 0.15) is 31.0 Å². The average molecular weight is 592 g/mol. The molecule has 1 aliphatic heterocycles. The molecule has 2 aromatic carbocycles. The summed E-state index contributed by atoms with van der Waals surface area (Å²) in [6.45, 7) is 3.76. The van der Waals surface area contributed by atoms with Crippen molar-refractivity contribution in [3.8, 4) is 5.75 Å². The highest BCUT2D eigenvalue weighted by atomic mass is 79.9. The Balaban J connectivity index is 1.96. The molecule has 1 atom stereocenters. The molecule has 0 unspecified atom stereocenters. The number of hydrogen-bond donors (Lipinski definition) is 0. The molecule has 0 bridgehead atoms. The SMILES string of the molecule is CCOC(=O)C1=C(C)N=c2s/c(=C\c3cc(OC)ccc3Br)c(=O)n2[C@H]1c1ccc(Br)cc1. The van der Waals surface area contributed by atoms with Crippen LogP contribution >= 0.6 is 43.2 Å². The quantitative estimate of drug-likeness (QED) is 0.414. The second kappa shape index (κ2) is 9.79. The van der Waals surface area contributed by atoms with Crippen molar-refractivity contribution in [3.63, 3.8) is 0 Å². The second-order valence-corrected chi connectivity index (χ2v) is 10.0. The molecule has 0 saturated carbocycles. The van der Waals surface area contributed by atoms with E-state index in [9.17, 15) is 9.59 Å². The zero-order valence-corrected chi connectivity index (χ0v) is 22.1. The van der Waals surface area contributed by atoms with Gasteiger partial charge < -0.3 is 9.47 Å². The zero-order valence-electron chi connectivity index (χ0n) is 18.1. The van der Waals surface area contributed by atoms with Gasteiger partial charge in [-0.2, -0.15) is 0 Å². The summed E-state index contributed by atoms with van der Waals surface area (Å²) in [7, 11) is 1.60. The van der Waals surface area contributed by atoms with Gasteiger partial charge in [-0.3, -0.25) is 9.36 Å². The summed E-state index contributed by atoms with van der Waals surface area (Å²) in [5.74, 6) is 0.210. The standard InChI is InChI=1S/C24H20Br2N2O4S/c1-4-32-23(30)20-13(2)27-24-28(21(20)14-5-7-16(25)8-6-14)22(29)19(33-24)12-15-11-17(31-3)9-10-18(15)26/h5-12,21H,4H2,1-3H3/b19-12-/t21-/m0/s1. The lowest BCUT2D eigenvalue weighted by atomic mass is 9.96. The number of carbonyl (C=O) groups is 1. The van der Waals surface area contributed by atoms with E-state index < -0.39 is 12.0 Å². The van der Waals surface area contributed by atoms with Crippen molar-refractivity contribution in [2.75, 3.05) is 13.7 Å². The van der Waals surface area contributed by atoms with E-state index in [2.05, 4.69) is 36.9 Å². The van der Waals surface area contributed by atoms with Crippen LogP contribution in [0.3, 0.4) is 0 Å². The van der Waals surface area contributed by atoms with Crippen molar-refractivity contribution in [2.24, 2.45) is 4.99 Å². The zero-order chi connectivity index (χ0) is 23.7. The van der Waals surface area contributed by atoms with Crippen LogP contribution in [0.25, 0.3) is 6.08 Å². The maximum absolute atomic E-state index is 13.6. The van der Waals surface area contributed by atoms with Crippen LogP contribution in [0.2, 0.25) is 0 Å². The van der Waals surface area contributed by atoms with E-state index in [1.54, 1.807) is 31.6 Å². The van der Waals surface area contributed by atoms with Crippen LogP contribution in [0.4, 0.5) is 0 Å². The van der Waals surface area contributed by atoms with E-state index in [-0.39, 0.29) is 12.2 Å². The van der Waals surface area contributed by atoms with Gasteiger partial charge in [0.15, 0.2) is 4.80 Å². The fourth-order valence-corrected chi connectivity index (χ4v) is 5.32. The lowest BCUT2D eigenvalue weighted by Crippen LogP contribution is -2.39. The van der Waals surface area contributed by atoms with E-state index in [1.165, 1.54) is 11.3 Å². The lowest BCUT2D eigenvalue weighted by Gasteiger charge is -2.24. The number of halogens is 2. The summed E-state index contributed by atoms with van der Waals surface area (Å²) in [6.07, 6.45) is 1.80. The number of thiazole rings is 1. The minimum Gasteiger partial charge on any atom is -0.497 e. The van der Waals surface area contributed by atoms with Gasteiger partial charge in [0, 0.05) is 8.95 Å². The molecule has 0 amide bonds. The number of methoxy groups -OCH3 is 1. The molecule has 0 radical (unpaired) electrons. The Morgan fingerprint density at radius 1 is 1.21 bits per heavy atom. The van der Waals surface area contributed by atoms with Crippen LogP contribution in [-0.4, -0.2) is 24.3 Å². The molecule has 6 nitrogen and oxygen atoms in total. The molecule has 0 aliphatic carbocycles. The van der Waals surface area contributed by atoms with Gasteiger partial charge >= 0.3 is 5.97 Å². The van der Waals surface area contributed by atoms with Crippen molar-refractivity contribution in [1.29, 1.82) is 0 Å². The molecule has 0 N–H and O–H groups in total. The molecule has 33 heavy (non-hydrogen) atoms. The van der Waals surface area contributed by atoms with Gasteiger partial charge in [-0.15, -0.1) is 0 Å². The predicted octanol–water partition coefficient (Wildman–Crippen LogP) is 4.33. The van der Waals surface area contributed by atoms with Gasteiger partial charge in [0.05, 0.1) is 35.6 Å². The van der Waals surface area contributed by atoms with Crippen molar-refractivity contribution < 1.29 is 14.3 Å². The monoisotopic (exact) mass is 590 g/mol. The molecule has 3 aromatic rings. The van der Waals surface area contributed by atoms with E-state index in [4.69, 9.17) is 9.47 Å². The van der Waals surface area contributed by atoms with Crippen LogP contribution in [0.5, 0.6) is 5.75 Å². The number of benzene rings is 2. The molecule has 0 spiro atoms. The Bertz CT molecular complexity index is 1440. The minimum absolute atomic E-state index is 0.226. The molecular weight excluding hydrogens is 572 g/mol. The van der Waals surface area contributed by atoms with Gasteiger partial charge in [-0.25, -0.2) is 9.79 Å². The first kappa shape index (κ1) is 23.7. The van der Waals surface area contributed by atoms with Crippen LogP contribution in [0.15, 0.2) is 72.5 Å². The van der Waals surface area contributed by atoms with Crippen LogP contribution < -0.4 is 19.6 Å². The molecule has 0 saturated heterocycles. The summed E-state index contributed by atoms with van der Waals surface area (Å²) >= 11 is 8.27. The maximum atomic E-state index is 13.6. The lowest BCUT2D eigenvalue weighted by molar-refractivity contribution is -0.139. The van der Waals surface area contributed by atoms with Gasteiger partial charge in [-0.05, 0) is 61.4 Å². The summed E-state index contributed by atoms with van der Waals surface area (Å²) < 4.78 is 14.5. The topological polar surface area (TPSA) is 69.9 Å². The molecule has 1 aromatic heterocycles. The number of fused-ring (bicyclic) bond motifs is 1. The molecule has 2 heterocycles. The first-order valence-electron chi connectivity index (χ1n) is 10.1. The first-order chi connectivity index (χ1) is 15.8. The number of ether oxygens (including phenoxy) is 2. The number of hydrogen-bond acceptors (Lipinski definition) is 6. The van der Waals surface area contributed by atoms with Crippen molar-refractivity contribution in [3.05, 3.63) is 93.5 Å². The van der Waals surface area contributed by atoms with Gasteiger partial charge in [-0.1, -0.05) is 55.3 Å². The summed E-state index contributed by atoms with van der Waals surface area (Å²) in [6, 6.07) is 12.5. The van der Waals surface area contributed by atoms with E-state index in [1.807, 2.05) is 42.5 Å². The number of nitrogens with zero attached hydrogens (tertiary/aromatic N) is 2. The summed E-state index contributed by atoms with van der Waals surface area (Å²) in [5, 5.41) is 0. The number of allylic oxidation sites excluding steroid dienone is 1. The predicted molar refractivity (Wildman–Crippen MR) is 135 cm³/mol. The Morgan fingerprint density at radius 2 is 1.94 bits per heavy atom. The molecule has 4 rings (SSSR count). The Morgan fingerprint density at radius 3 is 2.61 bits per heavy atom. The Labute approximate surface area is 211 Å². The highest BCUT2D eigenvalue weighted by Gasteiger charge is 2.33. The number of esters is 1. The van der Waals surface area contributed by atoms with E-state index >= 15 is 0 Å². The highest BCUT2D eigenvalue weighted by molar-refractivity contribution is 9.10. The number of aromatic nitrogens is 1. The molecule has 170 valence electrons. The third kappa shape index (κ3) is 4.62. The Hall–Kier alpha value is -2.49. The normalized spacial score (nSPS) is 15.8. The highest BCUT2D eigenvalue weighted by Crippen LogP contribution is 2.31. The average Bonchev–Trinajstić information content (AvgIpc) is 3.09. The minimum atomic E-state index is -0.635. The van der Waals surface area contributed by atoms with Crippen LogP contribution in [0, 0.1) is 0 Å². The number of rotatable bonds is 5. The van der Waals surface area contributed by atoms with Gasteiger partial charge in [0.25, 0.3) is 5.56 Å². The molecular formula is C24H20Br2N2O4S. The fourth-order valence-electron chi connectivity index (χ4n) is 3.65. The Kier molecular flexibility index (Phi) is 7.02. The van der Waals surface area contributed by atoms with Gasteiger partial charge in [0.1, 0.15) is 5.75 Å². The smallest absolute Gasteiger partial charge is 0.338 e. The number of carbonyl (C=O) groups excluding carboxylic acids is 1. The second-order valence-electron chi connectivity index (χ2n) is 7.24. The van der Waals surface area contributed by atoms with Crippen molar-refractivity contribution in [1.82, 2.24) is 4.57 Å². The van der Waals surface area contributed by atoms with Gasteiger partial charge in [0.2, 0.25) is 0 Å². The van der Waals surface area contributed by atoms with Crippen molar-refractivity contribution >= 4 is 55.2 Å². The largest absolute Gasteiger partial charge is 0.497 e. The maximum Gasteiger partial charge on any atom is 0.338 e.